The van der Waals surface area contributed by atoms with Crippen molar-refractivity contribution in [3.05, 3.63) is 53.6 Å². The van der Waals surface area contributed by atoms with Crippen molar-refractivity contribution in [3.8, 4) is 23.0 Å². The molecule has 32 heavy (non-hydrogen) atoms. The summed E-state index contributed by atoms with van der Waals surface area (Å²) in [5.74, 6) is -2.68. The van der Waals surface area contributed by atoms with E-state index in [1.807, 2.05) is 0 Å². The zero-order valence-electron chi connectivity index (χ0n) is 17.8. The number of allylic oxidation sites excluding steroid dienone is 1. The van der Waals surface area contributed by atoms with Crippen molar-refractivity contribution >= 4 is 35.7 Å². The van der Waals surface area contributed by atoms with E-state index in [0.29, 0.717) is 5.56 Å². The van der Waals surface area contributed by atoms with Gasteiger partial charge in [-0.25, -0.2) is 0 Å². The fourth-order valence-corrected chi connectivity index (χ4v) is 2.56. The SMILES string of the molecule is CC(=O)Oc1ccc(C=CC(=O)c2ccc(OC(C)=O)cc2OC(C)=O)c(OC(C)=O)c1. The molecular formula is C23H20O9. The van der Waals surface area contributed by atoms with Gasteiger partial charge in [0.25, 0.3) is 0 Å². The lowest BCUT2D eigenvalue weighted by molar-refractivity contribution is -0.133. The lowest BCUT2D eigenvalue weighted by Crippen LogP contribution is -2.08. The van der Waals surface area contributed by atoms with Crippen LogP contribution in [0.1, 0.15) is 43.6 Å². The quantitative estimate of drug-likeness (QED) is 0.276. The fourth-order valence-electron chi connectivity index (χ4n) is 2.56. The summed E-state index contributed by atoms with van der Waals surface area (Å²) in [6, 6.07) is 8.29. The molecule has 0 fully saturated rings. The molecule has 0 aliphatic heterocycles. The third-order valence-electron chi connectivity index (χ3n) is 3.65. The molecule has 0 aliphatic carbocycles. The maximum atomic E-state index is 12.7. The van der Waals surface area contributed by atoms with Gasteiger partial charge in [-0.3, -0.25) is 24.0 Å². The van der Waals surface area contributed by atoms with Gasteiger partial charge >= 0.3 is 23.9 Å². The molecule has 0 unspecified atom stereocenters. The van der Waals surface area contributed by atoms with Gasteiger partial charge < -0.3 is 18.9 Å². The van der Waals surface area contributed by atoms with E-state index in [9.17, 15) is 24.0 Å². The van der Waals surface area contributed by atoms with Gasteiger partial charge in [0.1, 0.15) is 23.0 Å². The Morgan fingerprint density at radius 3 is 1.62 bits per heavy atom. The maximum Gasteiger partial charge on any atom is 0.308 e. The first kappa shape index (κ1) is 24.0. The summed E-state index contributed by atoms with van der Waals surface area (Å²) < 4.78 is 20.1. The van der Waals surface area contributed by atoms with Crippen LogP contribution in [0.15, 0.2) is 42.5 Å². The van der Waals surface area contributed by atoms with Gasteiger partial charge in [0, 0.05) is 45.4 Å². The number of esters is 4. The molecule has 0 amide bonds. The highest BCUT2D eigenvalue weighted by molar-refractivity contribution is 6.09. The van der Waals surface area contributed by atoms with Crippen LogP contribution < -0.4 is 18.9 Å². The molecular weight excluding hydrogens is 420 g/mol. The predicted octanol–water partition coefficient (Wildman–Crippen LogP) is 3.28. The van der Waals surface area contributed by atoms with Crippen LogP contribution in [-0.2, 0) is 19.2 Å². The molecule has 2 aromatic rings. The van der Waals surface area contributed by atoms with Gasteiger partial charge in [-0.15, -0.1) is 0 Å². The lowest BCUT2D eigenvalue weighted by atomic mass is 10.1. The smallest absolute Gasteiger partial charge is 0.308 e. The second-order valence-corrected chi connectivity index (χ2v) is 6.43. The summed E-state index contributed by atoms with van der Waals surface area (Å²) in [4.78, 5) is 57.8. The van der Waals surface area contributed by atoms with Crippen molar-refractivity contribution < 1.29 is 42.9 Å². The van der Waals surface area contributed by atoms with E-state index in [-0.39, 0.29) is 28.6 Å². The normalized spacial score (nSPS) is 10.4. The van der Waals surface area contributed by atoms with Crippen LogP contribution in [0.3, 0.4) is 0 Å². The predicted molar refractivity (Wildman–Crippen MR) is 111 cm³/mol. The van der Waals surface area contributed by atoms with Crippen LogP contribution in [0.2, 0.25) is 0 Å². The zero-order valence-corrected chi connectivity index (χ0v) is 17.8. The maximum absolute atomic E-state index is 12.7. The summed E-state index contributed by atoms with van der Waals surface area (Å²) in [7, 11) is 0. The number of hydrogen-bond donors (Lipinski definition) is 0. The molecule has 0 atom stereocenters. The van der Waals surface area contributed by atoms with Gasteiger partial charge in [0.05, 0.1) is 5.56 Å². The van der Waals surface area contributed by atoms with Crippen molar-refractivity contribution in [1.82, 2.24) is 0 Å². The third kappa shape index (κ3) is 7.21. The van der Waals surface area contributed by atoms with E-state index in [4.69, 9.17) is 18.9 Å². The molecule has 0 radical (unpaired) electrons. The molecule has 0 aromatic heterocycles. The summed E-state index contributed by atoms with van der Waals surface area (Å²) in [5, 5.41) is 0. The van der Waals surface area contributed by atoms with Crippen LogP contribution in [0.4, 0.5) is 0 Å². The van der Waals surface area contributed by atoms with Gasteiger partial charge in [-0.05, 0) is 36.4 Å². The Morgan fingerprint density at radius 1 is 0.625 bits per heavy atom. The van der Waals surface area contributed by atoms with Crippen molar-refractivity contribution in [3.63, 3.8) is 0 Å². The molecule has 2 aromatic carbocycles. The Morgan fingerprint density at radius 2 is 1.09 bits per heavy atom. The molecule has 0 heterocycles. The van der Waals surface area contributed by atoms with Crippen molar-refractivity contribution in [2.45, 2.75) is 27.7 Å². The minimum atomic E-state index is -0.666. The summed E-state index contributed by atoms with van der Waals surface area (Å²) in [5.41, 5.74) is 0.396. The van der Waals surface area contributed by atoms with E-state index in [1.54, 1.807) is 0 Å². The van der Waals surface area contributed by atoms with Crippen LogP contribution >= 0.6 is 0 Å². The number of rotatable bonds is 7. The average Bonchev–Trinajstić information content (AvgIpc) is 2.65. The lowest BCUT2D eigenvalue weighted by Gasteiger charge is -2.10. The first-order valence-electron chi connectivity index (χ1n) is 9.29. The molecule has 0 spiro atoms. The molecule has 166 valence electrons. The highest BCUT2D eigenvalue weighted by Gasteiger charge is 2.15. The molecule has 0 N–H and O–H groups in total. The van der Waals surface area contributed by atoms with Crippen LogP contribution in [0.25, 0.3) is 6.08 Å². The van der Waals surface area contributed by atoms with Crippen LogP contribution in [0, 0.1) is 0 Å². The highest BCUT2D eigenvalue weighted by Crippen LogP contribution is 2.29. The highest BCUT2D eigenvalue weighted by atomic mass is 16.6. The molecule has 9 nitrogen and oxygen atoms in total. The second kappa shape index (κ2) is 10.7. The Hall–Kier alpha value is -4.27. The summed E-state index contributed by atoms with van der Waals surface area (Å²) >= 11 is 0. The van der Waals surface area contributed by atoms with Gasteiger partial charge in [-0.2, -0.15) is 0 Å². The van der Waals surface area contributed by atoms with E-state index in [1.165, 1.54) is 76.2 Å². The molecule has 2 rings (SSSR count). The Kier molecular flexibility index (Phi) is 8.00. The first-order chi connectivity index (χ1) is 15.0. The first-order valence-corrected chi connectivity index (χ1v) is 9.29. The molecule has 0 saturated heterocycles. The van der Waals surface area contributed by atoms with Crippen molar-refractivity contribution in [2.24, 2.45) is 0 Å². The van der Waals surface area contributed by atoms with Gasteiger partial charge in [-0.1, -0.05) is 0 Å². The van der Waals surface area contributed by atoms with Gasteiger partial charge in [0.2, 0.25) is 0 Å². The Labute approximate surface area is 183 Å². The van der Waals surface area contributed by atoms with Crippen molar-refractivity contribution in [2.75, 3.05) is 0 Å². The number of carbonyl (C=O) groups excluding carboxylic acids is 5. The Balaban J connectivity index is 2.37. The summed E-state index contributed by atoms with van der Waals surface area (Å²) in [6.07, 6.45) is 2.57. The van der Waals surface area contributed by atoms with Gasteiger partial charge in [0.15, 0.2) is 5.78 Å². The largest absolute Gasteiger partial charge is 0.427 e. The number of benzene rings is 2. The topological polar surface area (TPSA) is 122 Å². The fraction of sp³-hybridized carbons (Fsp3) is 0.174. The van der Waals surface area contributed by atoms with E-state index >= 15 is 0 Å². The number of ether oxygens (including phenoxy) is 4. The van der Waals surface area contributed by atoms with Crippen LogP contribution in [-0.4, -0.2) is 29.7 Å². The number of hydrogen-bond acceptors (Lipinski definition) is 9. The minimum absolute atomic E-state index is 0.0397. The monoisotopic (exact) mass is 440 g/mol. The molecule has 0 aliphatic rings. The van der Waals surface area contributed by atoms with E-state index in [0.717, 1.165) is 0 Å². The van der Waals surface area contributed by atoms with Crippen LogP contribution in [0.5, 0.6) is 23.0 Å². The standard InChI is InChI=1S/C23H20O9/c1-13(24)29-18-7-5-17(22(11-18)31-15(3)26)6-10-21(28)20-9-8-19(30-14(2)25)12-23(20)32-16(4)27/h5-12H,1-4H3. The summed E-state index contributed by atoms with van der Waals surface area (Å²) in [6.45, 7) is 4.80. The van der Waals surface area contributed by atoms with E-state index in [2.05, 4.69) is 0 Å². The van der Waals surface area contributed by atoms with E-state index < -0.39 is 29.7 Å². The number of carbonyl (C=O) groups is 5. The number of ketones is 1. The molecule has 0 bridgehead atoms. The third-order valence-corrected chi connectivity index (χ3v) is 3.65. The zero-order chi connectivity index (χ0) is 23.8. The second-order valence-electron chi connectivity index (χ2n) is 6.43. The molecule has 0 saturated carbocycles. The van der Waals surface area contributed by atoms with Crippen molar-refractivity contribution in [1.29, 1.82) is 0 Å². The average molecular weight is 440 g/mol. The molecule has 9 heteroatoms. The Bertz CT molecular complexity index is 1110. The minimum Gasteiger partial charge on any atom is -0.427 e.